The number of hydrogen-bond acceptors (Lipinski definition) is 1. The Morgan fingerprint density at radius 2 is 1.09 bits per heavy atom. The van der Waals surface area contributed by atoms with Crippen LogP contribution in [0.2, 0.25) is 0 Å². The minimum absolute atomic E-state index is 0.936. The van der Waals surface area contributed by atoms with Crippen molar-refractivity contribution in [2.24, 2.45) is 0 Å². The third-order valence-corrected chi connectivity index (χ3v) is 4.51. The van der Waals surface area contributed by atoms with Crippen molar-refractivity contribution in [1.29, 1.82) is 5.41 Å². The van der Waals surface area contributed by atoms with Gasteiger partial charge in [0.15, 0.2) is 0 Å². The quantitative estimate of drug-likeness (QED) is 0.151. The number of hydrogen-bond donors (Lipinski definition) is 1. The minimum atomic E-state index is 0.936. The molecule has 0 aliphatic heterocycles. The zero-order valence-corrected chi connectivity index (χ0v) is 15.3. The molecule has 0 aromatic carbocycles. The van der Waals surface area contributed by atoms with E-state index >= 15 is 0 Å². The molecule has 0 saturated heterocycles. The van der Waals surface area contributed by atoms with Crippen molar-refractivity contribution >= 4 is 6.21 Å². The van der Waals surface area contributed by atoms with Gasteiger partial charge in [-0.3, -0.25) is 0 Å². The summed E-state index contributed by atoms with van der Waals surface area (Å²) in [5, 5.41) is 7.00. The highest BCUT2D eigenvalue weighted by Crippen LogP contribution is 2.16. The maximum Gasteiger partial charge on any atom is -0.00477 e. The average molecular weight is 308 g/mol. The van der Waals surface area contributed by atoms with Gasteiger partial charge in [-0.25, -0.2) is 0 Å². The van der Waals surface area contributed by atoms with E-state index in [0.29, 0.717) is 0 Å². The zero-order chi connectivity index (χ0) is 16.3. The van der Waals surface area contributed by atoms with Crippen molar-refractivity contribution < 1.29 is 0 Å². The van der Waals surface area contributed by atoms with E-state index in [1.54, 1.807) is 0 Å². The van der Waals surface area contributed by atoms with Crippen LogP contribution in [0, 0.1) is 5.41 Å². The normalized spacial score (nSPS) is 10.8. The predicted octanol–water partition coefficient (Wildman–Crippen LogP) is 7.84. The Hall–Kier alpha value is -0.590. The first-order valence-electron chi connectivity index (χ1n) is 9.96. The molecule has 0 bridgehead atoms. The van der Waals surface area contributed by atoms with E-state index in [0.717, 1.165) is 12.8 Å². The molecule has 0 aliphatic rings. The molecule has 0 rings (SSSR count). The van der Waals surface area contributed by atoms with Gasteiger partial charge in [0, 0.05) is 0 Å². The molecule has 0 aromatic heterocycles. The highest BCUT2D eigenvalue weighted by Gasteiger charge is 1.97. The number of unbranched alkanes of at least 4 members (excludes halogenated alkanes) is 13. The molecule has 0 amide bonds. The molecular formula is C21H41N. The van der Waals surface area contributed by atoms with Gasteiger partial charge in [-0.05, 0) is 44.7 Å². The second kappa shape index (κ2) is 18.5. The summed E-state index contributed by atoms with van der Waals surface area (Å²) in [6.07, 6.45) is 24.3. The van der Waals surface area contributed by atoms with Crippen LogP contribution in [0.3, 0.4) is 0 Å². The summed E-state index contributed by atoms with van der Waals surface area (Å²) in [6, 6.07) is 0. The average Bonchev–Trinajstić information content (AvgIpc) is 2.52. The van der Waals surface area contributed by atoms with Crippen LogP contribution in [0.5, 0.6) is 0 Å². The Kier molecular flexibility index (Phi) is 18.0. The molecule has 1 N–H and O–H groups in total. The first-order valence-corrected chi connectivity index (χ1v) is 9.96. The van der Waals surface area contributed by atoms with E-state index in [4.69, 9.17) is 5.41 Å². The molecule has 0 spiro atoms. The Labute approximate surface area is 140 Å². The summed E-state index contributed by atoms with van der Waals surface area (Å²) in [5.41, 5.74) is 1.43. The van der Waals surface area contributed by atoms with E-state index in [1.807, 2.05) is 0 Å². The molecule has 0 saturated carbocycles. The Morgan fingerprint density at radius 1 is 0.682 bits per heavy atom. The SMILES string of the molecule is C=C(CCCCC=N)CCCCCCCCCCCCCC. The highest BCUT2D eigenvalue weighted by atomic mass is 14.3. The van der Waals surface area contributed by atoms with Crippen molar-refractivity contribution in [1.82, 2.24) is 0 Å². The van der Waals surface area contributed by atoms with Gasteiger partial charge >= 0.3 is 0 Å². The van der Waals surface area contributed by atoms with Gasteiger partial charge in [0.1, 0.15) is 0 Å². The molecule has 0 heterocycles. The van der Waals surface area contributed by atoms with Crippen LogP contribution in [-0.2, 0) is 0 Å². The summed E-state index contributed by atoms with van der Waals surface area (Å²) < 4.78 is 0. The summed E-state index contributed by atoms with van der Waals surface area (Å²) in [6.45, 7) is 6.47. The van der Waals surface area contributed by atoms with Gasteiger partial charge in [-0.15, -0.1) is 0 Å². The highest BCUT2D eigenvalue weighted by molar-refractivity contribution is 5.52. The lowest BCUT2D eigenvalue weighted by atomic mass is 10.0. The maximum absolute atomic E-state index is 7.00. The van der Waals surface area contributed by atoms with Gasteiger partial charge in [0.2, 0.25) is 0 Å². The van der Waals surface area contributed by atoms with Crippen molar-refractivity contribution in [2.45, 2.75) is 116 Å². The molecular weight excluding hydrogens is 266 g/mol. The summed E-state index contributed by atoms with van der Waals surface area (Å²) >= 11 is 0. The molecule has 22 heavy (non-hydrogen) atoms. The maximum atomic E-state index is 7.00. The molecule has 1 nitrogen and oxygen atoms in total. The van der Waals surface area contributed by atoms with E-state index < -0.39 is 0 Å². The van der Waals surface area contributed by atoms with E-state index in [2.05, 4.69) is 13.5 Å². The molecule has 0 aliphatic carbocycles. The van der Waals surface area contributed by atoms with Gasteiger partial charge in [-0.1, -0.05) is 89.7 Å². The Balaban J connectivity index is 3.10. The van der Waals surface area contributed by atoms with Crippen molar-refractivity contribution in [3.63, 3.8) is 0 Å². The smallest absolute Gasteiger partial charge is 0.00477 e. The van der Waals surface area contributed by atoms with E-state index in [1.165, 1.54) is 108 Å². The minimum Gasteiger partial charge on any atom is -0.313 e. The lowest BCUT2D eigenvalue weighted by Crippen LogP contribution is -1.86. The van der Waals surface area contributed by atoms with Crippen molar-refractivity contribution in [3.05, 3.63) is 12.2 Å². The number of rotatable bonds is 18. The fraction of sp³-hybridized carbons (Fsp3) is 0.857. The van der Waals surface area contributed by atoms with Crippen LogP contribution in [0.1, 0.15) is 116 Å². The van der Waals surface area contributed by atoms with E-state index in [9.17, 15) is 0 Å². The molecule has 0 atom stereocenters. The van der Waals surface area contributed by atoms with Gasteiger partial charge < -0.3 is 5.41 Å². The molecule has 1 heteroatoms. The molecule has 0 fully saturated rings. The van der Waals surface area contributed by atoms with Crippen LogP contribution in [0.4, 0.5) is 0 Å². The first kappa shape index (κ1) is 21.4. The largest absolute Gasteiger partial charge is 0.313 e. The number of allylic oxidation sites excluding steroid dienone is 1. The summed E-state index contributed by atoms with van der Waals surface area (Å²) in [5.74, 6) is 0. The molecule has 0 unspecified atom stereocenters. The second-order valence-corrected chi connectivity index (χ2v) is 6.84. The van der Waals surface area contributed by atoms with E-state index in [-0.39, 0.29) is 0 Å². The molecule has 130 valence electrons. The van der Waals surface area contributed by atoms with Crippen molar-refractivity contribution in [2.75, 3.05) is 0 Å². The standard InChI is InChI=1S/C21H41N/c1-3-4-5-6-7-8-9-10-11-12-13-15-18-21(2)19-16-14-17-20-22/h20,22H,2-19H2,1H3. The molecule has 0 aromatic rings. The Morgan fingerprint density at radius 3 is 1.55 bits per heavy atom. The lowest BCUT2D eigenvalue weighted by Gasteiger charge is -2.05. The second-order valence-electron chi connectivity index (χ2n) is 6.84. The van der Waals surface area contributed by atoms with Gasteiger partial charge in [0.05, 0.1) is 0 Å². The fourth-order valence-electron chi connectivity index (χ4n) is 2.96. The van der Waals surface area contributed by atoms with Crippen LogP contribution < -0.4 is 0 Å². The first-order chi connectivity index (χ1) is 10.8. The van der Waals surface area contributed by atoms with Crippen molar-refractivity contribution in [3.8, 4) is 0 Å². The predicted molar refractivity (Wildman–Crippen MR) is 102 cm³/mol. The van der Waals surface area contributed by atoms with Gasteiger partial charge in [-0.2, -0.15) is 0 Å². The fourth-order valence-corrected chi connectivity index (χ4v) is 2.96. The lowest BCUT2D eigenvalue weighted by molar-refractivity contribution is 0.542. The number of nitrogens with one attached hydrogen (secondary N) is 1. The Bertz CT molecular complexity index is 244. The third-order valence-electron chi connectivity index (χ3n) is 4.51. The third kappa shape index (κ3) is 17.5. The summed E-state index contributed by atoms with van der Waals surface area (Å²) in [4.78, 5) is 0. The van der Waals surface area contributed by atoms with Crippen LogP contribution in [-0.4, -0.2) is 6.21 Å². The summed E-state index contributed by atoms with van der Waals surface area (Å²) in [7, 11) is 0. The van der Waals surface area contributed by atoms with Crippen LogP contribution >= 0.6 is 0 Å². The monoisotopic (exact) mass is 307 g/mol. The van der Waals surface area contributed by atoms with Gasteiger partial charge in [0.25, 0.3) is 0 Å². The zero-order valence-electron chi connectivity index (χ0n) is 15.3. The van der Waals surface area contributed by atoms with Crippen LogP contribution in [0.15, 0.2) is 12.2 Å². The topological polar surface area (TPSA) is 23.9 Å². The van der Waals surface area contributed by atoms with Crippen LogP contribution in [0.25, 0.3) is 0 Å². The molecule has 0 radical (unpaired) electrons.